The molecule has 128 valence electrons. The van der Waals surface area contributed by atoms with E-state index in [9.17, 15) is 0 Å². The third-order valence-electron chi connectivity index (χ3n) is 3.84. The first-order chi connectivity index (χ1) is 12.1. The van der Waals surface area contributed by atoms with Gasteiger partial charge >= 0.3 is 0 Å². The van der Waals surface area contributed by atoms with Gasteiger partial charge in [0.15, 0.2) is 0 Å². The molecule has 3 aromatic heterocycles. The van der Waals surface area contributed by atoms with E-state index >= 15 is 0 Å². The monoisotopic (exact) mass is 389 g/mol. The molecule has 8 heteroatoms. The molecule has 1 atom stereocenters. The van der Waals surface area contributed by atoms with Gasteiger partial charge in [-0.15, -0.1) is 16.4 Å². The number of aromatic nitrogens is 4. The molecular formula is C17H16ClN5S2. The minimum atomic E-state index is 0.114. The standard InChI is InChI=1S/C17H16ClN5S2/c1-3-15-20-14(9-24-15)10(2)19-16-22-23-8-13(21-17(23)25-16)11-4-6-12(18)7-5-11/h4-10H,3H2,1-2H3,(H,19,22). The molecule has 1 aromatic carbocycles. The van der Waals surface area contributed by atoms with Crippen LogP contribution in [0.4, 0.5) is 5.13 Å². The Labute approximate surface area is 158 Å². The van der Waals surface area contributed by atoms with Crippen LogP contribution in [-0.4, -0.2) is 19.6 Å². The van der Waals surface area contributed by atoms with Crippen molar-refractivity contribution in [2.24, 2.45) is 0 Å². The third kappa shape index (κ3) is 3.40. The molecule has 1 N–H and O–H groups in total. The molecular weight excluding hydrogens is 374 g/mol. The fraction of sp³-hybridized carbons (Fsp3) is 0.235. The Morgan fingerprint density at radius 2 is 2.04 bits per heavy atom. The molecule has 1 unspecified atom stereocenters. The minimum Gasteiger partial charge on any atom is -0.352 e. The summed E-state index contributed by atoms with van der Waals surface area (Å²) < 4.78 is 1.81. The number of anilines is 1. The van der Waals surface area contributed by atoms with Crippen LogP contribution in [0.5, 0.6) is 0 Å². The average molecular weight is 390 g/mol. The van der Waals surface area contributed by atoms with E-state index in [-0.39, 0.29) is 6.04 Å². The fourth-order valence-electron chi connectivity index (χ4n) is 2.46. The van der Waals surface area contributed by atoms with Gasteiger partial charge in [-0.2, -0.15) is 0 Å². The van der Waals surface area contributed by atoms with Crippen LogP contribution in [0, 0.1) is 0 Å². The molecule has 25 heavy (non-hydrogen) atoms. The van der Waals surface area contributed by atoms with Gasteiger partial charge < -0.3 is 5.32 Å². The van der Waals surface area contributed by atoms with Gasteiger partial charge in [0, 0.05) is 16.0 Å². The third-order valence-corrected chi connectivity index (χ3v) is 5.96. The lowest BCUT2D eigenvalue weighted by molar-refractivity contribution is 0.827. The summed E-state index contributed by atoms with van der Waals surface area (Å²) in [5, 5.41) is 12.8. The van der Waals surface area contributed by atoms with Crippen LogP contribution in [0.1, 0.15) is 30.6 Å². The molecule has 0 aliphatic carbocycles. The number of thiazole rings is 1. The zero-order chi connectivity index (χ0) is 17.4. The highest BCUT2D eigenvalue weighted by atomic mass is 35.5. The number of fused-ring (bicyclic) bond motifs is 1. The molecule has 0 spiro atoms. The van der Waals surface area contributed by atoms with Crippen molar-refractivity contribution in [1.82, 2.24) is 19.6 Å². The highest BCUT2D eigenvalue weighted by Gasteiger charge is 2.14. The molecule has 0 saturated carbocycles. The summed E-state index contributed by atoms with van der Waals surface area (Å²) in [4.78, 5) is 10.1. The Morgan fingerprint density at radius 1 is 1.24 bits per heavy atom. The average Bonchev–Trinajstić information content (AvgIpc) is 3.29. The van der Waals surface area contributed by atoms with Crippen LogP contribution in [0.25, 0.3) is 16.2 Å². The van der Waals surface area contributed by atoms with Crippen molar-refractivity contribution in [2.45, 2.75) is 26.3 Å². The largest absolute Gasteiger partial charge is 0.352 e. The smallest absolute Gasteiger partial charge is 0.214 e. The second kappa shape index (κ2) is 6.74. The zero-order valence-electron chi connectivity index (χ0n) is 13.7. The van der Waals surface area contributed by atoms with Crippen molar-refractivity contribution in [2.75, 3.05) is 5.32 Å². The molecule has 0 aliphatic rings. The van der Waals surface area contributed by atoms with Crippen LogP contribution in [-0.2, 0) is 6.42 Å². The number of rotatable bonds is 5. The number of hydrogen-bond acceptors (Lipinski definition) is 6. The molecule has 0 fully saturated rings. The van der Waals surface area contributed by atoms with Crippen molar-refractivity contribution < 1.29 is 0 Å². The van der Waals surface area contributed by atoms with Crippen LogP contribution in [0.3, 0.4) is 0 Å². The van der Waals surface area contributed by atoms with E-state index < -0.39 is 0 Å². The molecule has 4 rings (SSSR count). The number of nitrogens with one attached hydrogen (secondary N) is 1. The van der Waals surface area contributed by atoms with Crippen molar-refractivity contribution in [1.29, 1.82) is 0 Å². The van der Waals surface area contributed by atoms with Gasteiger partial charge in [0.1, 0.15) is 0 Å². The zero-order valence-corrected chi connectivity index (χ0v) is 16.1. The Morgan fingerprint density at radius 3 is 2.72 bits per heavy atom. The summed E-state index contributed by atoms with van der Waals surface area (Å²) in [6, 6.07) is 7.77. The number of nitrogens with zero attached hydrogens (tertiary/aromatic N) is 4. The maximum Gasteiger partial charge on any atom is 0.214 e. The Kier molecular flexibility index (Phi) is 4.45. The first kappa shape index (κ1) is 16.5. The number of imidazole rings is 1. The first-order valence-electron chi connectivity index (χ1n) is 7.95. The summed E-state index contributed by atoms with van der Waals surface area (Å²) >= 11 is 9.17. The summed E-state index contributed by atoms with van der Waals surface area (Å²) in [5.74, 6) is 0. The Bertz CT molecular complexity index is 970. The number of hydrogen-bond donors (Lipinski definition) is 1. The van der Waals surface area contributed by atoms with Crippen LogP contribution >= 0.6 is 34.3 Å². The van der Waals surface area contributed by atoms with Gasteiger partial charge in [0.05, 0.1) is 28.6 Å². The van der Waals surface area contributed by atoms with E-state index in [2.05, 4.69) is 39.6 Å². The van der Waals surface area contributed by atoms with Gasteiger partial charge in [-0.05, 0) is 25.5 Å². The molecule has 0 saturated heterocycles. The lowest BCUT2D eigenvalue weighted by Gasteiger charge is -2.09. The maximum atomic E-state index is 5.94. The summed E-state index contributed by atoms with van der Waals surface area (Å²) in [6.45, 7) is 4.21. The molecule has 0 amide bonds. The van der Waals surface area contributed by atoms with Crippen molar-refractivity contribution in [3.63, 3.8) is 0 Å². The Balaban J connectivity index is 1.53. The fourth-order valence-corrected chi connectivity index (χ4v) is 4.30. The quantitative estimate of drug-likeness (QED) is 0.503. The SMILES string of the molecule is CCc1nc(C(C)Nc2nn3cc(-c4ccc(Cl)cc4)nc3s2)cs1. The lowest BCUT2D eigenvalue weighted by atomic mass is 10.2. The highest BCUT2D eigenvalue weighted by Crippen LogP contribution is 2.28. The van der Waals surface area contributed by atoms with E-state index in [1.165, 1.54) is 11.3 Å². The molecule has 0 radical (unpaired) electrons. The van der Waals surface area contributed by atoms with E-state index in [0.717, 1.165) is 43.5 Å². The highest BCUT2D eigenvalue weighted by molar-refractivity contribution is 7.20. The molecule has 5 nitrogen and oxygen atoms in total. The predicted octanol–water partition coefficient (Wildman–Crippen LogP) is 5.30. The number of aryl methyl sites for hydroxylation is 1. The lowest BCUT2D eigenvalue weighted by Crippen LogP contribution is -2.07. The van der Waals surface area contributed by atoms with Gasteiger partial charge in [0.2, 0.25) is 10.1 Å². The predicted molar refractivity (Wildman–Crippen MR) is 105 cm³/mol. The van der Waals surface area contributed by atoms with Crippen LogP contribution < -0.4 is 5.32 Å². The molecule has 0 aliphatic heterocycles. The summed E-state index contributed by atoms with van der Waals surface area (Å²) in [5.41, 5.74) is 2.97. The van der Waals surface area contributed by atoms with Crippen LogP contribution in [0.15, 0.2) is 35.8 Å². The molecule has 3 heterocycles. The topological polar surface area (TPSA) is 55.1 Å². The van der Waals surface area contributed by atoms with E-state index in [4.69, 9.17) is 11.6 Å². The minimum absolute atomic E-state index is 0.114. The van der Waals surface area contributed by atoms with Crippen molar-refractivity contribution in [3.05, 3.63) is 51.6 Å². The second-order valence-corrected chi connectivity index (χ2v) is 7.99. The van der Waals surface area contributed by atoms with Gasteiger partial charge in [-0.3, -0.25) is 0 Å². The maximum absolute atomic E-state index is 5.94. The van der Waals surface area contributed by atoms with E-state index in [0.29, 0.717) is 0 Å². The Hall–Kier alpha value is -1.96. The van der Waals surface area contributed by atoms with Crippen molar-refractivity contribution in [3.8, 4) is 11.3 Å². The summed E-state index contributed by atoms with van der Waals surface area (Å²) in [7, 11) is 0. The first-order valence-corrected chi connectivity index (χ1v) is 10.0. The van der Waals surface area contributed by atoms with Gasteiger partial charge in [0.25, 0.3) is 0 Å². The molecule has 4 aromatic rings. The normalized spacial score (nSPS) is 12.6. The number of halogens is 1. The van der Waals surface area contributed by atoms with Gasteiger partial charge in [-0.25, -0.2) is 14.5 Å². The van der Waals surface area contributed by atoms with E-state index in [1.807, 2.05) is 35.0 Å². The van der Waals surface area contributed by atoms with E-state index in [1.54, 1.807) is 11.3 Å². The summed E-state index contributed by atoms with van der Waals surface area (Å²) in [6.07, 6.45) is 2.90. The second-order valence-electron chi connectivity index (χ2n) is 5.65. The van der Waals surface area contributed by atoms with Crippen LogP contribution in [0.2, 0.25) is 5.02 Å². The number of benzene rings is 1. The van der Waals surface area contributed by atoms with Gasteiger partial charge in [-0.1, -0.05) is 42.0 Å². The van der Waals surface area contributed by atoms with Crippen molar-refractivity contribution >= 4 is 44.4 Å². The molecule has 0 bridgehead atoms.